The molecular formula is C12H11F3N2O. The number of hydrogen-bond donors (Lipinski definition) is 1. The third-order valence-electron chi connectivity index (χ3n) is 2.84. The molecule has 0 aliphatic carbocycles. The zero-order valence-corrected chi connectivity index (χ0v) is 9.80. The van der Waals surface area contributed by atoms with Gasteiger partial charge in [0, 0.05) is 31.2 Å². The van der Waals surface area contributed by atoms with Crippen molar-refractivity contribution in [3.63, 3.8) is 0 Å². The van der Waals surface area contributed by atoms with Crippen LogP contribution >= 0.6 is 0 Å². The Morgan fingerprint density at radius 1 is 1.22 bits per heavy atom. The van der Waals surface area contributed by atoms with E-state index in [0.29, 0.717) is 11.8 Å². The van der Waals surface area contributed by atoms with E-state index in [1.165, 1.54) is 23.7 Å². The first-order valence-electron chi connectivity index (χ1n) is 5.23. The zero-order chi connectivity index (χ0) is 13.5. The summed E-state index contributed by atoms with van der Waals surface area (Å²) in [5.74, 6) is 0. The molecule has 1 aromatic carbocycles. The molecule has 0 aliphatic rings. The van der Waals surface area contributed by atoms with Crippen molar-refractivity contribution < 1.29 is 13.2 Å². The van der Waals surface area contributed by atoms with Crippen LogP contribution in [0.25, 0.3) is 10.9 Å². The van der Waals surface area contributed by atoms with Crippen LogP contribution < -0.4 is 10.9 Å². The van der Waals surface area contributed by atoms with Gasteiger partial charge >= 0.3 is 6.18 Å². The summed E-state index contributed by atoms with van der Waals surface area (Å²) in [5.41, 5.74) is -0.676. The molecule has 0 saturated heterocycles. The molecular weight excluding hydrogens is 245 g/mol. The molecule has 0 amide bonds. The van der Waals surface area contributed by atoms with Crippen LogP contribution in [0.5, 0.6) is 0 Å². The van der Waals surface area contributed by atoms with Gasteiger partial charge in [0.25, 0.3) is 5.56 Å². The smallest absolute Gasteiger partial charge is 0.388 e. The minimum absolute atomic E-state index is 0.0172. The summed E-state index contributed by atoms with van der Waals surface area (Å²) in [5, 5.41) is 2.84. The van der Waals surface area contributed by atoms with Gasteiger partial charge < -0.3 is 9.88 Å². The lowest BCUT2D eigenvalue weighted by atomic mass is 10.1. The van der Waals surface area contributed by atoms with Gasteiger partial charge in [0.15, 0.2) is 0 Å². The van der Waals surface area contributed by atoms with E-state index >= 15 is 0 Å². The molecule has 0 bridgehead atoms. The molecule has 6 heteroatoms. The lowest BCUT2D eigenvalue weighted by Crippen LogP contribution is -2.20. The molecule has 1 aromatic heterocycles. The van der Waals surface area contributed by atoms with E-state index in [-0.39, 0.29) is 10.9 Å². The van der Waals surface area contributed by atoms with Crippen LogP contribution in [-0.2, 0) is 13.2 Å². The third-order valence-corrected chi connectivity index (χ3v) is 2.84. The van der Waals surface area contributed by atoms with Gasteiger partial charge in [0.05, 0.1) is 11.1 Å². The molecule has 2 aromatic rings. The number of aryl methyl sites for hydroxylation is 1. The quantitative estimate of drug-likeness (QED) is 0.851. The summed E-state index contributed by atoms with van der Waals surface area (Å²) in [6.45, 7) is 0. The number of fused-ring (bicyclic) bond motifs is 1. The standard InChI is InChI=1S/C12H11F3N2O/c1-16-7-3-4-8-9(12(13,14)15)6-11(18)17(2)10(8)5-7/h3-6,16H,1-2H3. The highest BCUT2D eigenvalue weighted by Crippen LogP contribution is 2.34. The van der Waals surface area contributed by atoms with Crippen molar-refractivity contribution in [1.29, 1.82) is 0 Å². The predicted octanol–water partition coefficient (Wildman–Crippen LogP) is 2.60. The number of halogens is 3. The summed E-state index contributed by atoms with van der Waals surface area (Å²) in [7, 11) is 3.11. The Hall–Kier alpha value is -1.98. The third kappa shape index (κ3) is 1.94. The molecule has 0 fully saturated rings. The monoisotopic (exact) mass is 256 g/mol. The van der Waals surface area contributed by atoms with Crippen LogP contribution in [0, 0.1) is 0 Å². The fourth-order valence-corrected chi connectivity index (χ4v) is 1.84. The van der Waals surface area contributed by atoms with E-state index < -0.39 is 17.3 Å². The van der Waals surface area contributed by atoms with Gasteiger partial charge in [-0.15, -0.1) is 0 Å². The van der Waals surface area contributed by atoms with Crippen molar-refractivity contribution >= 4 is 16.6 Å². The first kappa shape index (κ1) is 12.5. The molecule has 0 unspecified atom stereocenters. The van der Waals surface area contributed by atoms with E-state index in [1.807, 2.05) is 0 Å². The van der Waals surface area contributed by atoms with Crippen LogP contribution in [0.2, 0.25) is 0 Å². The van der Waals surface area contributed by atoms with E-state index in [1.54, 1.807) is 13.1 Å². The van der Waals surface area contributed by atoms with Crippen LogP contribution in [0.4, 0.5) is 18.9 Å². The zero-order valence-electron chi connectivity index (χ0n) is 9.80. The summed E-state index contributed by atoms with van der Waals surface area (Å²) in [6.07, 6.45) is -4.53. The number of nitrogens with zero attached hydrogens (tertiary/aromatic N) is 1. The van der Waals surface area contributed by atoms with E-state index in [9.17, 15) is 18.0 Å². The number of alkyl halides is 3. The number of benzene rings is 1. The normalized spacial score (nSPS) is 11.8. The first-order valence-corrected chi connectivity index (χ1v) is 5.23. The van der Waals surface area contributed by atoms with Crippen molar-refractivity contribution in [2.75, 3.05) is 12.4 Å². The maximum atomic E-state index is 12.8. The Morgan fingerprint density at radius 3 is 2.44 bits per heavy atom. The Balaban J connectivity index is 2.91. The summed E-state index contributed by atoms with van der Waals surface area (Å²) in [4.78, 5) is 11.5. The molecule has 96 valence electrons. The highest BCUT2D eigenvalue weighted by atomic mass is 19.4. The van der Waals surface area contributed by atoms with E-state index in [4.69, 9.17) is 0 Å². The molecule has 3 nitrogen and oxygen atoms in total. The van der Waals surface area contributed by atoms with Crippen molar-refractivity contribution in [1.82, 2.24) is 4.57 Å². The molecule has 0 spiro atoms. The second-order valence-corrected chi connectivity index (χ2v) is 3.93. The van der Waals surface area contributed by atoms with E-state index in [2.05, 4.69) is 5.32 Å². The molecule has 1 N–H and O–H groups in total. The molecule has 0 aliphatic heterocycles. The Bertz CT molecular complexity index is 659. The average Bonchev–Trinajstić information content (AvgIpc) is 2.31. The second kappa shape index (κ2) is 4.04. The summed E-state index contributed by atoms with van der Waals surface area (Å²) in [6, 6.07) is 5.05. The molecule has 0 radical (unpaired) electrons. The minimum Gasteiger partial charge on any atom is -0.388 e. The van der Waals surface area contributed by atoms with Crippen molar-refractivity contribution in [2.24, 2.45) is 7.05 Å². The first-order chi connectivity index (χ1) is 8.34. The lowest BCUT2D eigenvalue weighted by Gasteiger charge is -2.13. The molecule has 1 heterocycles. The molecule has 0 saturated carbocycles. The number of hydrogen-bond acceptors (Lipinski definition) is 2. The SMILES string of the molecule is CNc1ccc2c(C(F)(F)F)cc(=O)n(C)c2c1. The number of aromatic nitrogens is 1. The highest BCUT2D eigenvalue weighted by molar-refractivity contribution is 5.86. The average molecular weight is 256 g/mol. The van der Waals surface area contributed by atoms with Gasteiger partial charge in [0.2, 0.25) is 0 Å². The topological polar surface area (TPSA) is 34.0 Å². The van der Waals surface area contributed by atoms with Gasteiger partial charge in [0.1, 0.15) is 0 Å². The number of anilines is 1. The van der Waals surface area contributed by atoms with Crippen molar-refractivity contribution in [3.8, 4) is 0 Å². The van der Waals surface area contributed by atoms with Crippen LogP contribution in [0.15, 0.2) is 29.1 Å². The second-order valence-electron chi connectivity index (χ2n) is 3.93. The fraction of sp³-hybridized carbons (Fsp3) is 0.250. The summed E-state index contributed by atoms with van der Waals surface area (Å²) < 4.78 is 39.7. The maximum Gasteiger partial charge on any atom is 0.417 e. The summed E-state index contributed by atoms with van der Waals surface area (Å²) >= 11 is 0. The number of nitrogens with one attached hydrogen (secondary N) is 1. The predicted molar refractivity (Wildman–Crippen MR) is 63.7 cm³/mol. The minimum atomic E-state index is -4.53. The van der Waals surface area contributed by atoms with E-state index in [0.717, 1.165) is 0 Å². The number of rotatable bonds is 1. The largest absolute Gasteiger partial charge is 0.417 e. The van der Waals surface area contributed by atoms with Gasteiger partial charge in [-0.2, -0.15) is 13.2 Å². The molecule has 18 heavy (non-hydrogen) atoms. The van der Waals surface area contributed by atoms with Crippen LogP contribution in [-0.4, -0.2) is 11.6 Å². The highest BCUT2D eigenvalue weighted by Gasteiger charge is 2.33. The van der Waals surface area contributed by atoms with Crippen molar-refractivity contribution in [3.05, 3.63) is 40.2 Å². The number of pyridine rings is 1. The molecule has 0 atom stereocenters. The fourth-order valence-electron chi connectivity index (χ4n) is 1.84. The van der Waals surface area contributed by atoms with Crippen LogP contribution in [0.1, 0.15) is 5.56 Å². The Kier molecular flexibility index (Phi) is 2.80. The van der Waals surface area contributed by atoms with Gasteiger partial charge in [-0.05, 0) is 12.1 Å². The Labute approximate surface area is 101 Å². The van der Waals surface area contributed by atoms with Gasteiger partial charge in [-0.25, -0.2) is 0 Å². The lowest BCUT2D eigenvalue weighted by molar-refractivity contribution is -0.136. The van der Waals surface area contributed by atoms with Gasteiger partial charge in [-0.1, -0.05) is 6.07 Å². The van der Waals surface area contributed by atoms with Crippen LogP contribution in [0.3, 0.4) is 0 Å². The van der Waals surface area contributed by atoms with Crippen molar-refractivity contribution in [2.45, 2.75) is 6.18 Å². The molecule has 2 rings (SSSR count). The van der Waals surface area contributed by atoms with Gasteiger partial charge in [-0.3, -0.25) is 4.79 Å². The maximum absolute atomic E-state index is 12.8. The Morgan fingerprint density at radius 2 is 1.89 bits per heavy atom.